The van der Waals surface area contributed by atoms with E-state index in [9.17, 15) is 18.0 Å². The van der Waals surface area contributed by atoms with Crippen LogP contribution in [0.2, 0.25) is 0 Å². The van der Waals surface area contributed by atoms with Crippen molar-refractivity contribution in [2.45, 2.75) is 45.9 Å². The molecule has 29 heavy (non-hydrogen) atoms. The number of nitrogens with zero attached hydrogens (tertiary/aromatic N) is 1. The average molecular weight is 423 g/mol. The number of sulfonamides is 1. The fraction of sp³-hybridized carbons (Fsp3) is 0.421. The fourth-order valence-corrected chi connectivity index (χ4v) is 4.35. The molecule has 0 saturated heterocycles. The Morgan fingerprint density at radius 2 is 1.72 bits per heavy atom. The summed E-state index contributed by atoms with van der Waals surface area (Å²) in [4.78, 5) is 23.8. The Morgan fingerprint density at radius 1 is 1.10 bits per heavy atom. The molecule has 1 aromatic heterocycles. The Labute approximate surface area is 169 Å². The molecule has 2 rings (SSSR count). The van der Waals surface area contributed by atoms with E-state index in [1.54, 1.807) is 0 Å². The van der Waals surface area contributed by atoms with Crippen LogP contribution in [0.15, 0.2) is 21.6 Å². The molecule has 0 radical (unpaired) electrons. The summed E-state index contributed by atoms with van der Waals surface area (Å²) in [6.07, 6.45) is -0.224. The van der Waals surface area contributed by atoms with E-state index in [1.807, 2.05) is 32.9 Å². The van der Waals surface area contributed by atoms with E-state index < -0.39 is 28.5 Å². The summed E-state index contributed by atoms with van der Waals surface area (Å²) in [5, 5.41) is 6.32. The molecular formula is C19H25N3O6S. The van der Waals surface area contributed by atoms with Crippen molar-refractivity contribution in [2.24, 2.45) is 0 Å². The van der Waals surface area contributed by atoms with Gasteiger partial charge in [-0.1, -0.05) is 22.9 Å². The smallest absolute Gasteiger partial charge is 0.307 e. The van der Waals surface area contributed by atoms with Gasteiger partial charge in [0.1, 0.15) is 10.6 Å². The number of ether oxygens (including phenoxy) is 1. The van der Waals surface area contributed by atoms with E-state index in [1.165, 1.54) is 13.8 Å². The third kappa shape index (κ3) is 5.88. The predicted octanol–water partition coefficient (Wildman–Crippen LogP) is 2.07. The van der Waals surface area contributed by atoms with Gasteiger partial charge in [-0.3, -0.25) is 9.59 Å². The quantitative estimate of drug-likeness (QED) is 0.622. The molecule has 0 unspecified atom stereocenters. The number of carbonyl (C=O) groups is 2. The molecule has 0 atom stereocenters. The number of aryl methyl sites for hydroxylation is 5. The molecule has 9 nitrogen and oxygen atoms in total. The summed E-state index contributed by atoms with van der Waals surface area (Å²) < 4.78 is 36.5. The van der Waals surface area contributed by atoms with Gasteiger partial charge < -0.3 is 14.6 Å². The molecule has 0 fully saturated rings. The molecule has 2 aromatic rings. The molecule has 0 aliphatic heterocycles. The number of hydrogen-bond donors (Lipinski definition) is 2. The minimum atomic E-state index is -3.85. The van der Waals surface area contributed by atoms with Crippen molar-refractivity contribution in [3.8, 4) is 0 Å². The molecule has 1 amide bonds. The highest BCUT2D eigenvalue weighted by atomic mass is 32.2. The SMILES string of the molecule is Cc1cc(C)c(NC(=O)COC(=O)CCNS(=O)(=O)c2c(C)noc2C)c(C)c1. The topological polar surface area (TPSA) is 128 Å². The minimum Gasteiger partial charge on any atom is -0.456 e. The van der Waals surface area contributed by atoms with Gasteiger partial charge in [-0.15, -0.1) is 0 Å². The van der Waals surface area contributed by atoms with Crippen LogP contribution in [0.5, 0.6) is 0 Å². The van der Waals surface area contributed by atoms with Crippen molar-refractivity contribution in [1.82, 2.24) is 9.88 Å². The van der Waals surface area contributed by atoms with Crippen LogP contribution in [-0.4, -0.2) is 38.6 Å². The Hall–Kier alpha value is -2.72. The molecule has 0 aliphatic carbocycles. The number of aromatic nitrogens is 1. The maximum atomic E-state index is 12.2. The van der Waals surface area contributed by atoms with Crippen molar-refractivity contribution < 1.29 is 27.3 Å². The Balaban J connectivity index is 1.81. The molecule has 0 spiro atoms. The molecule has 10 heteroatoms. The molecule has 0 bridgehead atoms. The molecule has 1 heterocycles. The minimum absolute atomic E-state index is 0.0471. The van der Waals surface area contributed by atoms with Gasteiger partial charge in [-0.05, 0) is 45.7 Å². The lowest BCUT2D eigenvalue weighted by atomic mass is 10.1. The second kappa shape index (κ2) is 9.19. The zero-order valence-electron chi connectivity index (χ0n) is 17.1. The van der Waals surface area contributed by atoms with Gasteiger partial charge in [0.25, 0.3) is 5.91 Å². The van der Waals surface area contributed by atoms with E-state index in [0.29, 0.717) is 5.69 Å². The third-order valence-corrected chi connectivity index (χ3v) is 5.87. The van der Waals surface area contributed by atoms with E-state index in [-0.39, 0.29) is 29.3 Å². The normalized spacial score (nSPS) is 11.3. The molecule has 2 N–H and O–H groups in total. The highest BCUT2D eigenvalue weighted by Gasteiger charge is 2.24. The monoisotopic (exact) mass is 423 g/mol. The zero-order chi connectivity index (χ0) is 21.8. The highest BCUT2D eigenvalue weighted by Crippen LogP contribution is 2.22. The third-order valence-electron chi connectivity index (χ3n) is 4.16. The second-order valence-electron chi connectivity index (χ2n) is 6.78. The first-order valence-corrected chi connectivity index (χ1v) is 10.5. The van der Waals surface area contributed by atoms with Crippen molar-refractivity contribution in [1.29, 1.82) is 0 Å². The van der Waals surface area contributed by atoms with E-state index in [4.69, 9.17) is 9.26 Å². The van der Waals surface area contributed by atoms with Crippen LogP contribution in [0.3, 0.4) is 0 Å². The number of hydrogen-bond acceptors (Lipinski definition) is 7. The molecule has 0 aliphatic rings. The van der Waals surface area contributed by atoms with Crippen LogP contribution in [-0.2, 0) is 24.3 Å². The average Bonchev–Trinajstić information content (AvgIpc) is 2.95. The van der Waals surface area contributed by atoms with Gasteiger partial charge in [0.05, 0.1) is 6.42 Å². The lowest BCUT2D eigenvalue weighted by Gasteiger charge is -2.13. The Bertz CT molecular complexity index is 984. The summed E-state index contributed by atoms with van der Waals surface area (Å²) in [7, 11) is -3.85. The van der Waals surface area contributed by atoms with Gasteiger partial charge in [0.15, 0.2) is 12.4 Å². The Kier molecular flexibility index (Phi) is 7.15. The first-order chi connectivity index (χ1) is 13.5. The van der Waals surface area contributed by atoms with Crippen LogP contribution in [0, 0.1) is 34.6 Å². The molecule has 158 valence electrons. The number of anilines is 1. The maximum Gasteiger partial charge on any atom is 0.307 e. The molecule has 1 aromatic carbocycles. The summed E-state index contributed by atoms with van der Waals surface area (Å²) in [6.45, 7) is 8.09. The van der Waals surface area contributed by atoms with Crippen LogP contribution in [0.25, 0.3) is 0 Å². The first-order valence-electron chi connectivity index (χ1n) is 8.97. The van der Waals surface area contributed by atoms with Crippen LogP contribution >= 0.6 is 0 Å². The molecule has 0 saturated carbocycles. The van der Waals surface area contributed by atoms with Gasteiger partial charge in [-0.25, -0.2) is 13.1 Å². The lowest BCUT2D eigenvalue weighted by molar-refractivity contribution is -0.147. The van der Waals surface area contributed by atoms with Crippen molar-refractivity contribution in [2.75, 3.05) is 18.5 Å². The van der Waals surface area contributed by atoms with Gasteiger partial charge in [0.2, 0.25) is 10.0 Å². The van der Waals surface area contributed by atoms with Crippen molar-refractivity contribution in [3.05, 3.63) is 40.3 Å². The zero-order valence-corrected chi connectivity index (χ0v) is 17.9. The largest absolute Gasteiger partial charge is 0.456 e. The highest BCUT2D eigenvalue weighted by molar-refractivity contribution is 7.89. The standard InChI is InChI=1S/C19H25N3O6S/c1-11-8-12(2)18(13(3)9-11)21-16(23)10-27-17(24)6-7-20-29(25,26)19-14(4)22-28-15(19)5/h8-9,20H,6-7,10H2,1-5H3,(H,21,23). The second-order valence-corrected chi connectivity index (χ2v) is 8.49. The number of rotatable bonds is 8. The summed E-state index contributed by atoms with van der Waals surface area (Å²) in [6, 6.07) is 3.89. The van der Waals surface area contributed by atoms with E-state index >= 15 is 0 Å². The molecular weight excluding hydrogens is 398 g/mol. The summed E-state index contributed by atoms with van der Waals surface area (Å²) in [5.41, 5.74) is 3.83. The van der Waals surface area contributed by atoms with Crippen molar-refractivity contribution in [3.63, 3.8) is 0 Å². The maximum absolute atomic E-state index is 12.2. The first kappa shape index (κ1) is 22.6. The lowest BCUT2D eigenvalue weighted by Crippen LogP contribution is -2.28. The summed E-state index contributed by atoms with van der Waals surface area (Å²) in [5.74, 6) is -1.00. The van der Waals surface area contributed by atoms with Gasteiger partial charge in [0, 0.05) is 12.2 Å². The number of nitrogens with one attached hydrogen (secondary N) is 2. The van der Waals surface area contributed by atoms with Crippen LogP contribution in [0.1, 0.15) is 34.6 Å². The van der Waals surface area contributed by atoms with E-state index in [2.05, 4.69) is 15.2 Å². The fourth-order valence-electron chi connectivity index (χ4n) is 2.99. The number of carbonyl (C=O) groups excluding carboxylic acids is 2. The van der Waals surface area contributed by atoms with E-state index in [0.717, 1.165) is 16.7 Å². The predicted molar refractivity (Wildman–Crippen MR) is 106 cm³/mol. The van der Waals surface area contributed by atoms with Gasteiger partial charge >= 0.3 is 5.97 Å². The Morgan fingerprint density at radius 3 is 2.28 bits per heavy atom. The van der Waals surface area contributed by atoms with Gasteiger partial charge in [-0.2, -0.15) is 0 Å². The summed E-state index contributed by atoms with van der Waals surface area (Å²) >= 11 is 0. The van der Waals surface area contributed by atoms with Crippen LogP contribution < -0.4 is 10.0 Å². The number of esters is 1. The number of benzene rings is 1. The van der Waals surface area contributed by atoms with Crippen molar-refractivity contribution >= 4 is 27.6 Å². The number of amides is 1. The van der Waals surface area contributed by atoms with Crippen LogP contribution in [0.4, 0.5) is 5.69 Å².